The molecule has 1 atom stereocenters. The number of rotatable bonds is 10. The molecule has 0 aliphatic carbocycles. The molecular formula is C29H28N2O5S. The second kappa shape index (κ2) is 11.7. The van der Waals surface area contributed by atoms with Gasteiger partial charge in [-0.1, -0.05) is 48.5 Å². The number of para-hydroxylation sites is 1. The van der Waals surface area contributed by atoms with E-state index in [4.69, 9.17) is 9.47 Å². The number of methoxy groups -OCH3 is 1. The minimum atomic E-state index is -3.99. The molecule has 7 nitrogen and oxygen atoms in total. The van der Waals surface area contributed by atoms with E-state index in [9.17, 15) is 13.2 Å². The summed E-state index contributed by atoms with van der Waals surface area (Å²) in [5, 5.41) is 2.82. The SMILES string of the molecule is COc1ccc(S(=O)(=O)N[C@@H](Cc2ccccc2)C(=O)Nc2ccc(Oc3ccccc3)cc2)cc1C. The van der Waals surface area contributed by atoms with E-state index in [-0.39, 0.29) is 11.3 Å². The molecule has 0 fully saturated rings. The fourth-order valence-electron chi connectivity index (χ4n) is 3.77. The van der Waals surface area contributed by atoms with Crippen molar-refractivity contribution in [2.45, 2.75) is 24.3 Å². The molecule has 0 unspecified atom stereocenters. The van der Waals surface area contributed by atoms with Crippen molar-refractivity contribution in [2.75, 3.05) is 12.4 Å². The molecule has 0 aliphatic rings. The summed E-state index contributed by atoms with van der Waals surface area (Å²) in [5.41, 5.74) is 2.01. The Morgan fingerprint density at radius 1 is 0.838 bits per heavy atom. The Labute approximate surface area is 217 Å². The van der Waals surface area contributed by atoms with E-state index in [1.54, 1.807) is 37.3 Å². The van der Waals surface area contributed by atoms with Crippen molar-refractivity contribution < 1.29 is 22.7 Å². The zero-order valence-electron chi connectivity index (χ0n) is 20.5. The summed E-state index contributed by atoms with van der Waals surface area (Å²) < 4.78 is 40.0. The van der Waals surface area contributed by atoms with Crippen molar-refractivity contribution in [2.24, 2.45) is 0 Å². The van der Waals surface area contributed by atoms with Crippen molar-refractivity contribution in [1.29, 1.82) is 0 Å². The molecule has 190 valence electrons. The van der Waals surface area contributed by atoms with Gasteiger partial charge in [-0.25, -0.2) is 8.42 Å². The molecule has 4 aromatic rings. The number of anilines is 1. The summed E-state index contributed by atoms with van der Waals surface area (Å²) in [5.74, 6) is 1.41. The topological polar surface area (TPSA) is 93.7 Å². The van der Waals surface area contributed by atoms with Gasteiger partial charge in [-0.3, -0.25) is 4.79 Å². The number of benzene rings is 4. The number of hydrogen-bond acceptors (Lipinski definition) is 5. The van der Waals surface area contributed by atoms with Crippen LogP contribution in [0.2, 0.25) is 0 Å². The molecule has 0 bridgehead atoms. The third-order valence-corrected chi connectivity index (χ3v) is 7.14. The highest BCUT2D eigenvalue weighted by Crippen LogP contribution is 2.24. The number of ether oxygens (including phenoxy) is 2. The van der Waals surface area contributed by atoms with Crippen LogP contribution < -0.4 is 19.5 Å². The lowest BCUT2D eigenvalue weighted by Crippen LogP contribution is -2.45. The fourth-order valence-corrected chi connectivity index (χ4v) is 5.05. The van der Waals surface area contributed by atoms with Gasteiger partial charge in [0.05, 0.1) is 12.0 Å². The van der Waals surface area contributed by atoms with Crippen LogP contribution in [0.1, 0.15) is 11.1 Å². The van der Waals surface area contributed by atoms with Crippen molar-refractivity contribution in [3.8, 4) is 17.2 Å². The molecule has 0 heterocycles. The molecule has 0 radical (unpaired) electrons. The van der Waals surface area contributed by atoms with E-state index in [1.165, 1.54) is 19.2 Å². The van der Waals surface area contributed by atoms with Gasteiger partial charge in [-0.15, -0.1) is 0 Å². The lowest BCUT2D eigenvalue weighted by atomic mass is 10.1. The lowest BCUT2D eigenvalue weighted by molar-refractivity contribution is -0.117. The van der Waals surface area contributed by atoms with Crippen molar-refractivity contribution >= 4 is 21.6 Å². The normalized spacial score (nSPS) is 11.9. The predicted molar refractivity (Wildman–Crippen MR) is 144 cm³/mol. The van der Waals surface area contributed by atoms with Gasteiger partial charge in [-0.2, -0.15) is 4.72 Å². The molecule has 2 N–H and O–H groups in total. The van der Waals surface area contributed by atoms with Crippen LogP contribution in [-0.4, -0.2) is 27.5 Å². The Morgan fingerprint density at radius 3 is 2.08 bits per heavy atom. The van der Waals surface area contributed by atoms with E-state index in [0.717, 1.165) is 5.56 Å². The van der Waals surface area contributed by atoms with E-state index in [2.05, 4.69) is 10.0 Å². The number of carbonyl (C=O) groups is 1. The maximum Gasteiger partial charge on any atom is 0.242 e. The predicted octanol–water partition coefficient (Wildman–Crippen LogP) is 5.32. The molecule has 0 aliphatic heterocycles. The highest BCUT2D eigenvalue weighted by atomic mass is 32.2. The molecule has 0 aromatic heterocycles. The van der Waals surface area contributed by atoms with E-state index < -0.39 is 22.0 Å². The first-order chi connectivity index (χ1) is 17.8. The minimum absolute atomic E-state index is 0.0547. The molecule has 4 rings (SSSR count). The monoisotopic (exact) mass is 516 g/mol. The average Bonchev–Trinajstić information content (AvgIpc) is 2.90. The third-order valence-electron chi connectivity index (χ3n) is 5.67. The van der Waals surface area contributed by atoms with Crippen molar-refractivity contribution in [3.63, 3.8) is 0 Å². The van der Waals surface area contributed by atoms with Crippen LogP contribution in [0, 0.1) is 6.92 Å². The zero-order chi connectivity index (χ0) is 26.3. The Kier molecular flexibility index (Phi) is 8.22. The molecule has 4 aromatic carbocycles. The number of nitrogens with one attached hydrogen (secondary N) is 2. The van der Waals surface area contributed by atoms with Crippen LogP contribution in [-0.2, 0) is 21.2 Å². The number of aryl methyl sites for hydroxylation is 1. The summed E-state index contributed by atoms with van der Waals surface area (Å²) in [7, 11) is -2.47. The van der Waals surface area contributed by atoms with Gasteiger partial charge in [0, 0.05) is 5.69 Å². The van der Waals surface area contributed by atoms with Crippen LogP contribution in [0.15, 0.2) is 108 Å². The second-order valence-electron chi connectivity index (χ2n) is 8.42. The van der Waals surface area contributed by atoms with Crippen LogP contribution >= 0.6 is 0 Å². The summed E-state index contributed by atoms with van der Waals surface area (Å²) in [6.07, 6.45) is 0.177. The Morgan fingerprint density at radius 2 is 1.46 bits per heavy atom. The lowest BCUT2D eigenvalue weighted by Gasteiger charge is -2.19. The highest BCUT2D eigenvalue weighted by molar-refractivity contribution is 7.89. The van der Waals surface area contributed by atoms with E-state index in [1.807, 2.05) is 60.7 Å². The minimum Gasteiger partial charge on any atom is -0.496 e. The van der Waals surface area contributed by atoms with Gasteiger partial charge >= 0.3 is 0 Å². The molecule has 1 amide bonds. The smallest absolute Gasteiger partial charge is 0.242 e. The standard InChI is InChI=1S/C29H28N2O5S/c1-21-19-26(17-18-28(21)35-2)37(33,34)31-27(20-22-9-5-3-6-10-22)29(32)30-23-13-15-25(16-14-23)36-24-11-7-4-8-12-24/h3-19,27,31H,20H2,1-2H3,(H,30,32)/t27-/m0/s1. The zero-order valence-corrected chi connectivity index (χ0v) is 21.4. The van der Waals surface area contributed by atoms with Gasteiger partial charge in [0.1, 0.15) is 23.3 Å². The quantitative estimate of drug-likeness (QED) is 0.297. The van der Waals surface area contributed by atoms with Gasteiger partial charge in [0.15, 0.2) is 0 Å². The fraction of sp³-hybridized carbons (Fsp3) is 0.138. The van der Waals surface area contributed by atoms with Gasteiger partial charge in [0.25, 0.3) is 0 Å². The van der Waals surface area contributed by atoms with Crippen molar-refractivity contribution in [1.82, 2.24) is 4.72 Å². The molecule has 0 saturated heterocycles. The first-order valence-corrected chi connectivity index (χ1v) is 13.2. The van der Waals surface area contributed by atoms with Crippen LogP contribution in [0.4, 0.5) is 5.69 Å². The number of sulfonamides is 1. The Bertz CT molecular complexity index is 1440. The Hall–Kier alpha value is -4.14. The first-order valence-electron chi connectivity index (χ1n) is 11.7. The van der Waals surface area contributed by atoms with Gasteiger partial charge < -0.3 is 14.8 Å². The summed E-state index contributed by atoms with van der Waals surface area (Å²) >= 11 is 0. The average molecular weight is 517 g/mol. The Balaban J connectivity index is 1.52. The van der Waals surface area contributed by atoms with E-state index >= 15 is 0 Å². The van der Waals surface area contributed by atoms with E-state index in [0.29, 0.717) is 28.5 Å². The van der Waals surface area contributed by atoms with Crippen LogP contribution in [0.3, 0.4) is 0 Å². The molecule has 0 spiro atoms. The van der Waals surface area contributed by atoms with Crippen molar-refractivity contribution in [3.05, 3.63) is 114 Å². The summed E-state index contributed by atoms with van der Waals surface area (Å²) in [4.78, 5) is 13.3. The molecule has 8 heteroatoms. The van der Waals surface area contributed by atoms with Gasteiger partial charge in [-0.05, 0) is 79.1 Å². The number of hydrogen-bond donors (Lipinski definition) is 2. The molecule has 37 heavy (non-hydrogen) atoms. The largest absolute Gasteiger partial charge is 0.496 e. The summed E-state index contributed by atoms with van der Waals surface area (Å²) in [6.45, 7) is 1.76. The molecule has 0 saturated carbocycles. The van der Waals surface area contributed by atoms with Crippen LogP contribution in [0.5, 0.6) is 17.2 Å². The highest BCUT2D eigenvalue weighted by Gasteiger charge is 2.27. The second-order valence-corrected chi connectivity index (χ2v) is 10.1. The van der Waals surface area contributed by atoms with Crippen LogP contribution in [0.25, 0.3) is 0 Å². The maximum absolute atomic E-state index is 13.3. The maximum atomic E-state index is 13.3. The number of carbonyl (C=O) groups excluding carboxylic acids is 1. The summed E-state index contributed by atoms with van der Waals surface area (Å²) in [6, 6.07) is 29.0. The molecular weight excluding hydrogens is 488 g/mol. The first kappa shape index (κ1) is 25.9. The van der Waals surface area contributed by atoms with Gasteiger partial charge in [0.2, 0.25) is 15.9 Å². The number of amides is 1. The third kappa shape index (κ3) is 6.97.